The molecule has 6 nitrogen and oxygen atoms in total. The summed E-state index contributed by atoms with van der Waals surface area (Å²) in [6.45, 7) is -0.301. The molecule has 0 aliphatic carbocycles. The van der Waals surface area contributed by atoms with Gasteiger partial charge < -0.3 is 24.4 Å². The molecule has 0 heterocycles. The third-order valence-electron chi connectivity index (χ3n) is 2.32. The second-order valence-electron chi connectivity index (χ2n) is 4.09. The number of hydrogen-bond donors (Lipinski definition) is 4. The minimum Gasteiger partial charge on any atom is -0.404 e. The number of ether oxygens (including phenoxy) is 1. The van der Waals surface area contributed by atoms with E-state index in [1.807, 2.05) is 5.32 Å². The molecule has 0 atom stereocenters. The van der Waals surface area contributed by atoms with Gasteiger partial charge in [-0.25, -0.2) is 18.0 Å². The number of nitrogens with one attached hydrogen (secondary N) is 1. The molecule has 1 rings (SSSR count). The van der Waals surface area contributed by atoms with Crippen LogP contribution in [0.3, 0.4) is 0 Å². The Hall–Kier alpha value is -1.76. The summed E-state index contributed by atoms with van der Waals surface area (Å²) in [5.41, 5.74) is 0. The first-order valence-corrected chi connectivity index (χ1v) is 7.73. The van der Waals surface area contributed by atoms with Gasteiger partial charge in [0, 0.05) is 12.6 Å². The summed E-state index contributed by atoms with van der Waals surface area (Å²) in [5, 5.41) is 1.87. The van der Waals surface area contributed by atoms with Crippen molar-refractivity contribution in [3.63, 3.8) is 0 Å². The molecule has 124 valence electrons. The molecular formula is C10H10F5NO5Si. The van der Waals surface area contributed by atoms with Crippen LogP contribution in [-0.2, 0) is 0 Å². The maximum atomic E-state index is 13.2. The van der Waals surface area contributed by atoms with Crippen LogP contribution >= 0.6 is 0 Å². The van der Waals surface area contributed by atoms with Gasteiger partial charge in [0.2, 0.25) is 34.8 Å². The summed E-state index contributed by atoms with van der Waals surface area (Å²) in [7, 11) is -4.30. The SMILES string of the molecule is O=C(NCCC[Si](O)(O)O)Oc1c(F)c(F)c(F)c(F)c1F. The molecule has 1 amide bonds. The van der Waals surface area contributed by atoms with E-state index >= 15 is 0 Å². The summed E-state index contributed by atoms with van der Waals surface area (Å²) in [6, 6.07) is -0.435. The molecule has 0 aromatic heterocycles. The van der Waals surface area contributed by atoms with Crippen molar-refractivity contribution in [3.05, 3.63) is 29.1 Å². The van der Waals surface area contributed by atoms with Crippen molar-refractivity contribution >= 4 is 14.9 Å². The van der Waals surface area contributed by atoms with Crippen molar-refractivity contribution in [2.24, 2.45) is 0 Å². The number of carbonyl (C=O) groups is 1. The van der Waals surface area contributed by atoms with Crippen molar-refractivity contribution in [1.29, 1.82) is 0 Å². The van der Waals surface area contributed by atoms with Crippen molar-refractivity contribution < 1.29 is 45.9 Å². The lowest BCUT2D eigenvalue weighted by molar-refractivity contribution is 0.192. The lowest BCUT2D eigenvalue weighted by atomic mass is 10.2. The van der Waals surface area contributed by atoms with Gasteiger partial charge in [0.15, 0.2) is 0 Å². The van der Waals surface area contributed by atoms with E-state index in [0.29, 0.717) is 0 Å². The van der Waals surface area contributed by atoms with Crippen molar-refractivity contribution in [2.45, 2.75) is 12.5 Å². The fourth-order valence-corrected chi connectivity index (χ4v) is 1.97. The number of amides is 1. The van der Waals surface area contributed by atoms with Crippen molar-refractivity contribution in [2.75, 3.05) is 6.54 Å². The van der Waals surface area contributed by atoms with Gasteiger partial charge in [-0.15, -0.1) is 0 Å². The average molecular weight is 347 g/mol. The van der Waals surface area contributed by atoms with Crippen LogP contribution in [0, 0.1) is 29.1 Å². The Morgan fingerprint density at radius 1 is 0.955 bits per heavy atom. The number of hydrogen-bond acceptors (Lipinski definition) is 5. The van der Waals surface area contributed by atoms with Crippen molar-refractivity contribution in [3.8, 4) is 5.75 Å². The van der Waals surface area contributed by atoms with E-state index in [2.05, 4.69) is 4.74 Å². The molecule has 0 bridgehead atoms. The molecule has 0 unspecified atom stereocenters. The summed E-state index contributed by atoms with van der Waals surface area (Å²) >= 11 is 0. The van der Waals surface area contributed by atoms with E-state index in [1.165, 1.54) is 0 Å². The molecule has 12 heteroatoms. The highest BCUT2D eigenvalue weighted by molar-refractivity contribution is 6.56. The first-order valence-electron chi connectivity index (χ1n) is 5.69. The molecular weight excluding hydrogens is 337 g/mol. The van der Waals surface area contributed by atoms with Crippen LogP contribution in [0.4, 0.5) is 26.7 Å². The van der Waals surface area contributed by atoms with Gasteiger partial charge in [0.1, 0.15) is 0 Å². The first-order chi connectivity index (χ1) is 10.0. The standard InChI is InChI=1S/C10H10F5NO5Si/c11-4-5(12)7(14)9(8(15)6(4)13)21-10(17)16-2-1-3-22(18,19)20/h18-20H,1-3H2,(H,16,17). The van der Waals surface area contributed by atoms with Gasteiger partial charge in [0.25, 0.3) is 0 Å². The third kappa shape index (κ3) is 4.62. The predicted octanol–water partition coefficient (Wildman–Crippen LogP) is 0.776. The molecule has 0 aliphatic rings. The maximum Gasteiger partial charge on any atom is 0.492 e. The molecule has 0 fully saturated rings. The highest BCUT2D eigenvalue weighted by Crippen LogP contribution is 2.29. The normalized spacial score (nSPS) is 11.5. The van der Waals surface area contributed by atoms with Crippen LogP contribution in [0.2, 0.25) is 6.04 Å². The smallest absolute Gasteiger partial charge is 0.404 e. The minimum absolute atomic E-state index is 0.123. The summed E-state index contributed by atoms with van der Waals surface area (Å²) in [4.78, 5) is 37.2. The first kappa shape index (κ1) is 18.3. The Labute approximate surface area is 121 Å². The summed E-state index contributed by atoms with van der Waals surface area (Å²) in [5.74, 6) is -13.3. The van der Waals surface area contributed by atoms with Crippen LogP contribution in [0.25, 0.3) is 0 Å². The molecule has 1 aromatic carbocycles. The Morgan fingerprint density at radius 2 is 1.41 bits per heavy atom. The van der Waals surface area contributed by atoms with Crippen LogP contribution in [0.15, 0.2) is 0 Å². The number of rotatable bonds is 5. The van der Waals surface area contributed by atoms with E-state index in [0.717, 1.165) is 0 Å². The van der Waals surface area contributed by atoms with E-state index < -0.39 is 55.8 Å². The van der Waals surface area contributed by atoms with Crippen LogP contribution < -0.4 is 10.1 Å². The van der Waals surface area contributed by atoms with Crippen molar-refractivity contribution in [1.82, 2.24) is 5.32 Å². The van der Waals surface area contributed by atoms with Crippen LogP contribution in [0.1, 0.15) is 6.42 Å². The largest absolute Gasteiger partial charge is 0.492 e. The van der Waals surface area contributed by atoms with Gasteiger partial charge in [-0.2, -0.15) is 8.78 Å². The lowest BCUT2D eigenvalue weighted by Gasteiger charge is -2.11. The Bertz CT molecular complexity index is 551. The monoisotopic (exact) mass is 347 g/mol. The quantitative estimate of drug-likeness (QED) is 0.207. The van der Waals surface area contributed by atoms with Gasteiger partial charge in [-0.3, -0.25) is 0 Å². The highest BCUT2D eigenvalue weighted by atomic mass is 28.4. The van der Waals surface area contributed by atoms with Crippen LogP contribution in [-0.4, -0.2) is 35.8 Å². The highest BCUT2D eigenvalue weighted by Gasteiger charge is 2.29. The maximum absolute atomic E-state index is 13.2. The summed E-state index contributed by atoms with van der Waals surface area (Å²) in [6.07, 6.45) is -1.65. The predicted molar refractivity (Wildman–Crippen MR) is 62.1 cm³/mol. The number of carbonyl (C=O) groups excluding carboxylic acids is 1. The minimum atomic E-state index is -4.30. The van der Waals surface area contributed by atoms with Crippen LogP contribution in [0.5, 0.6) is 5.75 Å². The topological polar surface area (TPSA) is 99.0 Å². The zero-order chi connectivity index (χ0) is 17.1. The Morgan fingerprint density at radius 3 is 1.86 bits per heavy atom. The number of halogens is 5. The fraction of sp³-hybridized carbons (Fsp3) is 0.300. The van der Waals surface area contributed by atoms with E-state index in [1.54, 1.807) is 0 Å². The van der Waals surface area contributed by atoms with Gasteiger partial charge in [-0.1, -0.05) is 0 Å². The summed E-state index contributed by atoms with van der Waals surface area (Å²) < 4.78 is 68.8. The molecule has 1 aromatic rings. The van der Waals surface area contributed by atoms with E-state index in [9.17, 15) is 26.7 Å². The molecule has 0 spiro atoms. The molecule has 22 heavy (non-hydrogen) atoms. The van der Waals surface area contributed by atoms with Gasteiger partial charge >= 0.3 is 14.9 Å². The second kappa shape index (κ2) is 7.00. The van der Waals surface area contributed by atoms with E-state index in [4.69, 9.17) is 14.4 Å². The van der Waals surface area contributed by atoms with Gasteiger partial charge in [0.05, 0.1) is 0 Å². The molecule has 0 saturated heterocycles. The third-order valence-corrected chi connectivity index (χ3v) is 3.35. The lowest BCUT2D eigenvalue weighted by Crippen LogP contribution is -2.36. The molecule has 0 saturated carbocycles. The van der Waals surface area contributed by atoms with E-state index in [-0.39, 0.29) is 13.0 Å². The zero-order valence-corrected chi connectivity index (χ0v) is 11.7. The Balaban J connectivity index is 2.70. The molecule has 4 N–H and O–H groups in total. The number of benzene rings is 1. The Kier molecular flexibility index (Phi) is 5.82. The zero-order valence-electron chi connectivity index (χ0n) is 10.7. The second-order valence-corrected chi connectivity index (χ2v) is 6.14. The fourth-order valence-electron chi connectivity index (χ4n) is 1.32. The average Bonchev–Trinajstić information content (AvgIpc) is 2.43. The molecule has 0 aliphatic heterocycles. The molecule has 0 radical (unpaired) electrons. The van der Waals surface area contributed by atoms with Gasteiger partial charge in [-0.05, 0) is 6.42 Å².